The number of para-hydroxylation sites is 12. The minimum Gasteiger partial charge on any atom is -0.291 e. The van der Waals surface area contributed by atoms with Gasteiger partial charge in [-0.1, -0.05) is 255 Å². The molecule has 0 saturated heterocycles. The lowest BCUT2D eigenvalue weighted by atomic mass is 10.00. The van der Waals surface area contributed by atoms with Crippen LogP contribution >= 0.6 is 0 Å². The van der Waals surface area contributed by atoms with Gasteiger partial charge in [-0.25, -0.2) is 47.5 Å². The molecule has 32 heteroatoms. The van der Waals surface area contributed by atoms with E-state index in [1.54, 1.807) is 224 Å². The second-order valence-electron chi connectivity index (χ2n) is 29.8. The lowest BCUT2D eigenvalue weighted by molar-refractivity contribution is -0.145. The van der Waals surface area contributed by atoms with E-state index in [-0.39, 0.29) is 95.7 Å². The Bertz CT molecular complexity index is 8100. The fourth-order valence-electron chi connectivity index (χ4n) is 16.4. The average molecular weight is 1790 g/mol. The van der Waals surface area contributed by atoms with E-state index in [0.29, 0.717) is 43.4 Å². The molecule has 0 atom stereocenters. The first-order chi connectivity index (χ1) is 63.6. The minimum absolute atomic E-state index is 0.0107. The quantitative estimate of drug-likeness (QED) is 0.0869. The fraction of sp³-hybridized carbons (Fsp3) is 0.0400. The second-order valence-corrected chi connectivity index (χ2v) is 29.8. The van der Waals surface area contributed by atoms with Gasteiger partial charge in [-0.15, -0.1) is 0 Å². The average Bonchev–Trinajstić information content (AvgIpc) is 1.41. The first-order valence-electron chi connectivity index (χ1n) is 40.0. The summed E-state index contributed by atoms with van der Waals surface area (Å²) in [5.74, 6) is -13.2. The number of aromatic nitrogens is 13. The van der Waals surface area contributed by atoms with E-state index in [0.717, 1.165) is 22.8 Å². The van der Waals surface area contributed by atoms with Crippen LogP contribution in [0.4, 0.5) is 79.0 Å². The van der Waals surface area contributed by atoms with E-state index in [4.69, 9.17) is 0 Å². The van der Waals surface area contributed by atoms with Gasteiger partial charge >= 0.3 is 24.7 Å². The molecule has 0 radical (unpaired) electrons. The largest absolute Gasteiger partial charge is 0.422 e. The number of benzene rings is 14. The molecule has 0 aliphatic heterocycles. The Morgan fingerprint density at radius 1 is 0.205 bits per heavy atom. The molecule has 0 fully saturated rings. The van der Waals surface area contributed by atoms with Crippen LogP contribution in [0.2, 0.25) is 0 Å². The topological polar surface area (TPSA) is 144 Å². The summed E-state index contributed by atoms with van der Waals surface area (Å²) in [6.07, 6.45) is -21.9. The van der Waals surface area contributed by atoms with Gasteiger partial charge < -0.3 is 0 Å². The van der Waals surface area contributed by atoms with Crippen LogP contribution in [0.1, 0.15) is 27.8 Å². The first-order valence-corrected chi connectivity index (χ1v) is 40.0. The smallest absolute Gasteiger partial charge is 0.291 e. The molecule has 21 rings (SSSR count). The molecule has 7 aromatic heterocycles. The number of rotatable bonds is 12. The van der Waals surface area contributed by atoms with Gasteiger partial charge in [0.15, 0.2) is 29.1 Å². The van der Waals surface area contributed by atoms with Crippen molar-refractivity contribution in [3.63, 3.8) is 0 Å². The lowest BCUT2D eigenvalue weighted by Gasteiger charge is -2.26. The van der Waals surface area contributed by atoms with Gasteiger partial charge in [0, 0.05) is 33.4 Å². The van der Waals surface area contributed by atoms with Gasteiger partial charge in [-0.2, -0.15) is 71.7 Å². The third kappa shape index (κ3) is 14.7. The van der Waals surface area contributed by atoms with Crippen molar-refractivity contribution in [3.8, 4) is 109 Å². The van der Waals surface area contributed by atoms with Gasteiger partial charge in [-0.3, -0.25) is 27.4 Å². The normalized spacial score (nSPS) is 12.0. The molecule has 132 heavy (non-hydrogen) atoms. The maximum atomic E-state index is 16.3. The number of nitrogens with zero attached hydrogens (tertiary/aromatic N) is 14. The Morgan fingerprint density at radius 2 is 0.417 bits per heavy atom. The Hall–Kier alpha value is -16.7. The zero-order valence-electron chi connectivity index (χ0n) is 67.2. The summed E-state index contributed by atoms with van der Waals surface area (Å²) < 4.78 is 285. The molecular weight excluding hydrogens is 1740 g/mol. The molecule has 0 spiro atoms. The maximum absolute atomic E-state index is 16.3. The van der Waals surface area contributed by atoms with Crippen molar-refractivity contribution >= 4 is 66.2 Å². The predicted octanol–water partition coefficient (Wildman–Crippen LogP) is 27.3. The number of alkyl halides is 12. The van der Waals surface area contributed by atoms with Crippen LogP contribution in [0.3, 0.4) is 0 Å². The van der Waals surface area contributed by atoms with Gasteiger partial charge in [0.1, 0.15) is 85.9 Å². The molecule has 7 heterocycles. The highest BCUT2D eigenvalue weighted by atomic mass is 19.4. The summed E-state index contributed by atoms with van der Waals surface area (Å²) in [7, 11) is 0. The van der Waals surface area contributed by atoms with Gasteiger partial charge in [0.2, 0.25) is 5.82 Å². The third-order valence-electron chi connectivity index (χ3n) is 21.8. The van der Waals surface area contributed by atoms with Crippen LogP contribution in [0.15, 0.2) is 328 Å². The van der Waals surface area contributed by atoms with Crippen LogP contribution < -0.4 is 0 Å². The Balaban J connectivity index is 0.000000128. The summed E-state index contributed by atoms with van der Waals surface area (Å²) in [4.78, 5) is 30.5. The van der Waals surface area contributed by atoms with Crippen LogP contribution in [0.25, 0.3) is 169 Å². The van der Waals surface area contributed by atoms with Crippen molar-refractivity contribution in [1.82, 2.24) is 62.3 Å². The molecule has 14 aromatic carbocycles. The Labute approximate surface area is 733 Å². The summed E-state index contributed by atoms with van der Waals surface area (Å²) in [6.45, 7) is 0. The van der Waals surface area contributed by atoms with Crippen molar-refractivity contribution in [3.05, 3.63) is 390 Å². The zero-order chi connectivity index (χ0) is 92.0. The lowest BCUT2D eigenvalue weighted by Crippen LogP contribution is -2.25. The van der Waals surface area contributed by atoms with E-state index in [2.05, 4.69) is 34.9 Å². The van der Waals surface area contributed by atoms with Gasteiger partial charge in [0.05, 0.1) is 77.6 Å². The standard InChI is InChI=1S/C34H18F8N4.C34H18F5N5.C32H18F5N5/c35-27-25(33(37,38)39)29(45-23-17-9-7-15-21(23)43-31(45)19-11-3-1-4-12-19)26(34(40,41)42)30(28(27)36)46-24-18-10-8-16-22(24)44-32(46)20-13-5-2-6-14-20;35-28-22(19-40)30(43-25-17-9-7-15-23(25)41-32(43)20-11-3-1-4-12-20)27(34(37,38)39)31(29(28)36)44-26-18-10-8-16-24(26)42-33(44)21-13-5-2-6-14-21;33-26-27(41-23-17-9-7-15-21(23)38-29(41)19-11-3-1-4-12-19)25(32(35,36)37)31(40-28(26)34)42-24-18-10-8-16-22(24)39-30(42)20-13-5-2-6-14-20/h1-18H;1-18H;1-18H. The zero-order valence-corrected chi connectivity index (χ0v) is 67.2. The fourth-order valence-corrected chi connectivity index (χ4v) is 16.4. The molecule has 0 bridgehead atoms. The van der Waals surface area contributed by atoms with Crippen molar-refractivity contribution in [1.29, 1.82) is 5.26 Å². The molecule has 0 aliphatic rings. The number of halogens is 18. The molecule has 0 aliphatic carbocycles. The second kappa shape index (κ2) is 33.2. The van der Waals surface area contributed by atoms with E-state index < -0.39 is 122 Å². The number of pyridine rings is 1. The van der Waals surface area contributed by atoms with Crippen molar-refractivity contribution in [2.24, 2.45) is 0 Å². The highest BCUT2D eigenvalue weighted by Crippen LogP contribution is 2.53. The van der Waals surface area contributed by atoms with Crippen LogP contribution in [-0.2, 0) is 24.7 Å². The molecule has 0 unspecified atom stereocenters. The summed E-state index contributed by atoms with van der Waals surface area (Å²) >= 11 is 0. The predicted molar refractivity (Wildman–Crippen MR) is 462 cm³/mol. The van der Waals surface area contributed by atoms with E-state index in [1.807, 2.05) is 0 Å². The monoisotopic (exact) mass is 1790 g/mol. The van der Waals surface area contributed by atoms with E-state index in [1.165, 1.54) is 109 Å². The number of fused-ring (bicyclic) bond motifs is 6. The SMILES string of the molecule is Fc1c(F)c(C(F)(F)F)c(-n2c(-c3ccccc3)nc3ccccc32)c(C(F)(F)F)c1-n1c(-c2ccccc2)nc2ccccc21.Fc1nc(-n2c(-c3ccccc3)nc3ccccc32)c(C(F)(F)F)c(-n2c(-c3ccccc3)nc3ccccc32)c1F.N#Cc1c(F)c(F)c(-n2c(-c3ccccc3)nc3ccccc32)c(C(F)(F)F)c1-n1c(-c2ccccc2)nc2ccccc21. The van der Waals surface area contributed by atoms with E-state index in [9.17, 15) is 18.4 Å². The number of hydrogen-bond acceptors (Lipinski definition) is 8. The molecule has 0 amide bonds. The summed E-state index contributed by atoms with van der Waals surface area (Å²) in [5.41, 5.74) is -11.0. The molecule has 21 aromatic rings. The highest BCUT2D eigenvalue weighted by Gasteiger charge is 2.51. The van der Waals surface area contributed by atoms with Crippen molar-refractivity contribution in [2.75, 3.05) is 0 Å². The molecular formula is C100H54F18N14. The third-order valence-corrected chi connectivity index (χ3v) is 21.8. The summed E-state index contributed by atoms with van der Waals surface area (Å²) in [6, 6.07) is 87.0. The van der Waals surface area contributed by atoms with Crippen LogP contribution in [-0.4, -0.2) is 62.3 Å². The highest BCUT2D eigenvalue weighted by molar-refractivity contribution is 5.92. The first kappa shape index (κ1) is 84.8. The van der Waals surface area contributed by atoms with Crippen LogP contribution in [0.5, 0.6) is 0 Å². The molecule has 0 N–H and O–H groups in total. The van der Waals surface area contributed by atoms with Gasteiger partial charge in [0.25, 0.3) is 5.95 Å². The van der Waals surface area contributed by atoms with Crippen molar-refractivity contribution < 1.29 is 79.0 Å². The van der Waals surface area contributed by atoms with Crippen LogP contribution in [0, 0.1) is 46.4 Å². The number of hydrogen-bond donors (Lipinski definition) is 0. The number of nitriles is 1. The molecule has 14 nitrogen and oxygen atoms in total. The Kier molecular flexibility index (Phi) is 21.3. The van der Waals surface area contributed by atoms with Gasteiger partial charge in [-0.05, 0) is 72.8 Å². The van der Waals surface area contributed by atoms with Crippen molar-refractivity contribution in [2.45, 2.75) is 24.7 Å². The molecule has 0 saturated carbocycles. The molecule has 650 valence electrons. The van der Waals surface area contributed by atoms with E-state index >= 15 is 65.9 Å². The maximum Gasteiger partial charge on any atom is 0.422 e. The Morgan fingerprint density at radius 3 is 0.682 bits per heavy atom. The minimum atomic E-state index is -5.77. The number of imidazole rings is 6. The summed E-state index contributed by atoms with van der Waals surface area (Å²) in [5, 5.41) is 10.1.